The summed E-state index contributed by atoms with van der Waals surface area (Å²) in [6.45, 7) is 17.8. The standard InChI is InChI=1S/C21H36N2O5SSi/c1-20(2,3)27-18(24)22-17(16-11-10-13-29-16)23(19(25)28-21(4,5)6)15-26-12-14-30(7,8)9/h10-11,13H,12,14-15H2,1-9H3/b22-17+. The Hall–Kier alpha value is -1.71. The van der Waals surface area contributed by atoms with Gasteiger partial charge < -0.3 is 14.2 Å². The number of hydrogen-bond donors (Lipinski definition) is 0. The van der Waals surface area contributed by atoms with Crippen LogP contribution in [0.2, 0.25) is 25.7 Å². The Labute approximate surface area is 185 Å². The van der Waals surface area contributed by atoms with E-state index in [1.165, 1.54) is 16.2 Å². The van der Waals surface area contributed by atoms with Crippen molar-refractivity contribution in [1.29, 1.82) is 0 Å². The molecular formula is C21H36N2O5SSi. The fraction of sp³-hybridized carbons (Fsp3) is 0.667. The summed E-state index contributed by atoms with van der Waals surface area (Å²) in [5, 5.41) is 1.85. The van der Waals surface area contributed by atoms with Gasteiger partial charge >= 0.3 is 12.2 Å². The monoisotopic (exact) mass is 456 g/mol. The van der Waals surface area contributed by atoms with Gasteiger partial charge in [-0.1, -0.05) is 25.7 Å². The van der Waals surface area contributed by atoms with E-state index >= 15 is 0 Å². The van der Waals surface area contributed by atoms with Gasteiger partial charge in [0.25, 0.3) is 0 Å². The summed E-state index contributed by atoms with van der Waals surface area (Å²) in [5.41, 5.74) is -1.41. The molecular weight excluding hydrogens is 420 g/mol. The Morgan fingerprint density at radius 3 is 2.13 bits per heavy atom. The van der Waals surface area contributed by atoms with Gasteiger partial charge in [0.1, 0.15) is 17.9 Å². The van der Waals surface area contributed by atoms with E-state index in [4.69, 9.17) is 14.2 Å². The summed E-state index contributed by atoms with van der Waals surface area (Å²) in [6, 6.07) is 4.56. The zero-order valence-corrected chi connectivity index (χ0v) is 21.5. The zero-order valence-electron chi connectivity index (χ0n) is 19.7. The average Bonchev–Trinajstić information content (AvgIpc) is 3.02. The molecule has 0 aromatic carbocycles. The molecule has 0 unspecified atom stereocenters. The predicted molar refractivity (Wildman–Crippen MR) is 124 cm³/mol. The van der Waals surface area contributed by atoms with Crippen molar-refractivity contribution in [2.75, 3.05) is 13.3 Å². The zero-order chi connectivity index (χ0) is 23.2. The van der Waals surface area contributed by atoms with Gasteiger partial charge in [0.2, 0.25) is 0 Å². The van der Waals surface area contributed by atoms with Gasteiger partial charge in [-0.3, -0.25) is 0 Å². The molecule has 0 aliphatic carbocycles. The second-order valence-corrected chi connectivity index (χ2v) is 16.7. The van der Waals surface area contributed by atoms with Gasteiger partial charge in [0.15, 0.2) is 5.84 Å². The lowest BCUT2D eigenvalue weighted by Gasteiger charge is -2.28. The SMILES string of the molecule is CC(C)(C)OC(=O)/N=C(\c1cccs1)N(COCC[Si](C)(C)C)C(=O)OC(C)(C)C. The van der Waals surface area contributed by atoms with E-state index in [0.717, 1.165) is 6.04 Å². The average molecular weight is 457 g/mol. The largest absolute Gasteiger partial charge is 0.443 e. The van der Waals surface area contributed by atoms with Crippen LogP contribution in [-0.4, -0.2) is 55.5 Å². The maximum absolute atomic E-state index is 13.0. The molecule has 30 heavy (non-hydrogen) atoms. The van der Waals surface area contributed by atoms with Crippen LogP contribution in [0.25, 0.3) is 0 Å². The van der Waals surface area contributed by atoms with Crippen molar-refractivity contribution in [3.63, 3.8) is 0 Å². The highest BCUT2D eigenvalue weighted by atomic mass is 32.1. The number of ether oxygens (including phenoxy) is 3. The molecule has 9 heteroatoms. The summed E-state index contributed by atoms with van der Waals surface area (Å²) in [7, 11) is -1.29. The summed E-state index contributed by atoms with van der Waals surface area (Å²) >= 11 is 1.36. The van der Waals surface area contributed by atoms with Gasteiger partial charge in [0, 0.05) is 14.7 Å². The molecule has 0 fully saturated rings. The smallest absolute Gasteiger partial charge is 0.436 e. The highest BCUT2D eigenvalue weighted by Crippen LogP contribution is 2.19. The molecule has 0 spiro atoms. The number of amides is 2. The number of thiophene rings is 1. The molecule has 0 aliphatic rings. The first-order valence-corrected chi connectivity index (χ1v) is 14.6. The van der Waals surface area contributed by atoms with Crippen molar-refractivity contribution in [2.45, 2.75) is 78.4 Å². The van der Waals surface area contributed by atoms with Gasteiger partial charge in [-0.15, -0.1) is 11.3 Å². The Morgan fingerprint density at radius 2 is 1.67 bits per heavy atom. The first kappa shape index (κ1) is 26.3. The predicted octanol–water partition coefficient (Wildman–Crippen LogP) is 5.98. The van der Waals surface area contributed by atoms with Crippen molar-refractivity contribution in [3.05, 3.63) is 22.4 Å². The molecule has 7 nitrogen and oxygen atoms in total. The van der Waals surface area contributed by atoms with E-state index in [-0.39, 0.29) is 12.6 Å². The van der Waals surface area contributed by atoms with Crippen LogP contribution in [0.1, 0.15) is 46.4 Å². The van der Waals surface area contributed by atoms with Crippen molar-refractivity contribution in [2.24, 2.45) is 4.99 Å². The fourth-order valence-electron chi connectivity index (χ4n) is 2.08. The van der Waals surface area contributed by atoms with Gasteiger partial charge in [-0.05, 0) is 59.0 Å². The first-order chi connectivity index (χ1) is 13.6. The van der Waals surface area contributed by atoms with E-state index < -0.39 is 31.5 Å². The number of carbonyl (C=O) groups is 2. The first-order valence-electron chi connectivity index (χ1n) is 10.0. The molecule has 2 amide bonds. The number of rotatable bonds is 6. The Bertz CT molecular complexity index is 728. The van der Waals surface area contributed by atoms with Crippen LogP contribution >= 0.6 is 11.3 Å². The quantitative estimate of drug-likeness (QED) is 0.173. The van der Waals surface area contributed by atoms with Crippen molar-refractivity contribution in [3.8, 4) is 0 Å². The topological polar surface area (TPSA) is 77.4 Å². The molecule has 0 N–H and O–H groups in total. The normalized spacial score (nSPS) is 13.2. The lowest BCUT2D eigenvalue weighted by molar-refractivity contribution is 0.0105. The van der Waals surface area contributed by atoms with Crippen LogP contribution in [0.4, 0.5) is 9.59 Å². The molecule has 0 saturated carbocycles. The van der Waals surface area contributed by atoms with Crippen LogP contribution < -0.4 is 0 Å². The molecule has 0 atom stereocenters. The highest BCUT2D eigenvalue weighted by Gasteiger charge is 2.29. The van der Waals surface area contributed by atoms with Crippen molar-refractivity contribution >= 4 is 37.4 Å². The van der Waals surface area contributed by atoms with Crippen molar-refractivity contribution < 1.29 is 23.8 Å². The highest BCUT2D eigenvalue weighted by molar-refractivity contribution is 7.12. The van der Waals surface area contributed by atoms with Crippen LogP contribution in [0.3, 0.4) is 0 Å². The van der Waals surface area contributed by atoms with Crippen LogP contribution in [0.15, 0.2) is 22.5 Å². The number of amidine groups is 1. The third-order valence-corrected chi connectivity index (χ3v) is 5.99. The summed E-state index contributed by atoms with van der Waals surface area (Å²) in [4.78, 5) is 31.4. The summed E-state index contributed by atoms with van der Waals surface area (Å²) < 4.78 is 16.7. The minimum atomic E-state index is -1.29. The van der Waals surface area contributed by atoms with Gasteiger partial charge in [-0.2, -0.15) is 4.99 Å². The minimum absolute atomic E-state index is 0.0705. The molecule has 1 aromatic rings. The fourth-order valence-corrected chi connectivity index (χ4v) is 3.56. The maximum atomic E-state index is 13.0. The van der Waals surface area contributed by atoms with Crippen LogP contribution in [0.5, 0.6) is 0 Å². The Balaban J connectivity index is 3.20. The van der Waals surface area contributed by atoms with E-state index in [0.29, 0.717) is 11.5 Å². The van der Waals surface area contributed by atoms with Crippen LogP contribution in [0, 0.1) is 0 Å². The summed E-state index contributed by atoms with van der Waals surface area (Å²) in [6.07, 6.45) is -1.41. The molecule has 1 aromatic heterocycles. The molecule has 170 valence electrons. The van der Waals surface area contributed by atoms with Gasteiger partial charge in [-0.25, -0.2) is 14.5 Å². The van der Waals surface area contributed by atoms with Crippen LogP contribution in [-0.2, 0) is 14.2 Å². The molecule has 0 saturated heterocycles. The third-order valence-electron chi connectivity index (χ3n) is 3.42. The molecule has 0 bridgehead atoms. The van der Waals surface area contributed by atoms with E-state index in [1.54, 1.807) is 47.6 Å². The second kappa shape index (κ2) is 10.5. The lowest BCUT2D eigenvalue weighted by Crippen LogP contribution is -2.43. The number of nitrogens with zero attached hydrogens (tertiary/aromatic N) is 2. The Morgan fingerprint density at radius 1 is 1.07 bits per heavy atom. The molecule has 1 heterocycles. The van der Waals surface area contributed by atoms with Gasteiger partial charge in [0.05, 0.1) is 4.88 Å². The molecule has 0 aliphatic heterocycles. The number of aliphatic imine (C=N–C) groups is 1. The lowest BCUT2D eigenvalue weighted by atomic mass is 10.2. The molecule has 1 rings (SSSR count). The minimum Gasteiger partial charge on any atom is -0.443 e. The van der Waals surface area contributed by atoms with Crippen molar-refractivity contribution in [1.82, 2.24) is 4.90 Å². The number of hydrogen-bond acceptors (Lipinski definition) is 6. The third kappa shape index (κ3) is 10.9. The van der Waals surface area contributed by atoms with E-state index in [9.17, 15) is 9.59 Å². The Kier molecular flexibility index (Phi) is 9.25. The summed E-state index contributed by atoms with van der Waals surface area (Å²) in [5.74, 6) is 0.154. The number of carbonyl (C=O) groups excluding carboxylic acids is 2. The maximum Gasteiger partial charge on any atom is 0.436 e. The molecule has 0 radical (unpaired) electrons. The van der Waals surface area contributed by atoms with E-state index in [1.807, 2.05) is 11.4 Å². The van der Waals surface area contributed by atoms with E-state index in [2.05, 4.69) is 24.6 Å². The second-order valence-electron chi connectivity index (χ2n) is 10.1.